The van der Waals surface area contributed by atoms with E-state index in [9.17, 15) is 4.79 Å². The fraction of sp³-hybridized carbons (Fsp3) is 0.0385. The van der Waals surface area contributed by atoms with E-state index >= 15 is 0 Å². The van der Waals surface area contributed by atoms with Crippen LogP contribution in [-0.2, 0) is 0 Å². The molecule has 0 aliphatic carbocycles. The number of terminal acetylenes is 1. The summed E-state index contributed by atoms with van der Waals surface area (Å²) in [4.78, 5) is 17.1. The summed E-state index contributed by atoms with van der Waals surface area (Å²) in [5.41, 5.74) is 6.44. The zero-order chi connectivity index (χ0) is 23.8. The molecule has 0 bridgehead atoms. The largest absolute Gasteiger partial charge is 0.480 e. The van der Waals surface area contributed by atoms with Gasteiger partial charge in [0.25, 0.3) is 5.91 Å². The normalized spacial score (nSPS) is 10.6. The van der Waals surface area contributed by atoms with Crippen molar-refractivity contribution in [2.45, 2.75) is 0 Å². The molecule has 4 aromatic rings. The Morgan fingerprint density at radius 3 is 2.71 bits per heavy atom. The van der Waals surface area contributed by atoms with Gasteiger partial charge in [-0.15, -0.1) is 17.8 Å². The van der Waals surface area contributed by atoms with Gasteiger partial charge in [0.1, 0.15) is 12.4 Å². The Hall–Kier alpha value is -3.93. The summed E-state index contributed by atoms with van der Waals surface area (Å²) in [6.07, 6.45) is 6.77. The van der Waals surface area contributed by atoms with Crippen LogP contribution in [0, 0.1) is 12.3 Å². The number of benzene rings is 3. The molecule has 0 saturated carbocycles. The predicted molar refractivity (Wildman–Crippen MR) is 141 cm³/mol. The van der Waals surface area contributed by atoms with Crippen LogP contribution in [0.4, 0.5) is 10.8 Å². The predicted octanol–water partition coefficient (Wildman–Crippen LogP) is 6.09. The van der Waals surface area contributed by atoms with E-state index in [1.165, 1.54) is 17.6 Å². The van der Waals surface area contributed by atoms with E-state index in [1.807, 2.05) is 60.0 Å². The van der Waals surface area contributed by atoms with Gasteiger partial charge < -0.3 is 10.1 Å². The Balaban J connectivity index is 1.39. The van der Waals surface area contributed by atoms with Crippen LogP contribution in [0.2, 0.25) is 0 Å². The van der Waals surface area contributed by atoms with E-state index in [2.05, 4.69) is 42.7 Å². The van der Waals surface area contributed by atoms with E-state index in [0.29, 0.717) is 16.9 Å². The lowest BCUT2D eigenvalue weighted by Gasteiger charge is -2.07. The van der Waals surface area contributed by atoms with Crippen molar-refractivity contribution in [3.63, 3.8) is 0 Å². The topological polar surface area (TPSA) is 75.6 Å². The number of amides is 1. The summed E-state index contributed by atoms with van der Waals surface area (Å²) in [6.45, 7) is 0.143. The quantitative estimate of drug-likeness (QED) is 0.164. The average molecular weight is 531 g/mol. The minimum absolute atomic E-state index is 0.143. The second-order valence-corrected chi connectivity index (χ2v) is 8.75. The smallest absolute Gasteiger partial charge is 0.271 e. The number of anilines is 2. The molecule has 0 saturated heterocycles. The van der Waals surface area contributed by atoms with Crippen LogP contribution in [0.3, 0.4) is 0 Å². The van der Waals surface area contributed by atoms with Gasteiger partial charge in [-0.2, -0.15) is 5.10 Å². The number of hydrazone groups is 1. The minimum atomic E-state index is -0.325. The third kappa shape index (κ3) is 6.10. The summed E-state index contributed by atoms with van der Waals surface area (Å²) in [6, 6.07) is 22.5. The molecular weight excluding hydrogens is 512 g/mol. The molecule has 6 nitrogen and oxygen atoms in total. The number of thiazole rings is 1. The molecule has 0 aliphatic rings. The molecule has 1 aromatic heterocycles. The summed E-state index contributed by atoms with van der Waals surface area (Å²) < 4.78 is 6.36. The first kappa shape index (κ1) is 23.2. The van der Waals surface area contributed by atoms with Crippen LogP contribution >= 0.6 is 27.3 Å². The Morgan fingerprint density at radius 2 is 1.94 bits per heavy atom. The minimum Gasteiger partial charge on any atom is -0.480 e. The Morgan fingerprint density at radius 1 is 1.15 bits per heavy atom. The Labute approximate surface area is 209 Å². The van der Waals surface area contributed by atoms with Gasteiger partial charge in [-0.05, 0) is 42.5 Å². The number of aromatic nitrogens is 1. The first-order valence-electron chi connectivity index (χ1n) is 10.2. The summed E-state index contributed by atoms with van der Waals surface area (Å²) in [5, 5.41) is 10.1. The number of nitrogens with one attached hydrogen (secondary N) is 2. The summed E-state index contributed by atoms with van der Waals surface area (Å²) in [5.74, 6) is 2.68. The molecule has 3 aromatic carbocycles. The van der Waals surface area contributed by atoms with Gasteiger partial charge in [-0.25, -0.2) is 10.4 Å². The fourth-order valence-electron chi connectivity index (χ4n) is 3.00. The molecule has 1 amide bonds. The van der Waals surface area contributed by atoms with Crippen molar-refractivity contribution < 1.29 is 9.53 Å². The lowest BCUT2D eigenvalue weighted by Crippen LogP contribution is -2.17. The number of hydrogen-bond donors (Lipinski definition) is 2. The number of halogens is 1. The first-order chi connectivity index (χ1) is 16.6. The molecule has 0 fully saturated rings. The molecule has 0 radical (unpaired) electrons. The van der Waals surface area contributed by atoms with E-state index in [4.69, 9.17) is 11.2 Å². The maximum absolute atomic E-state index is 12.5. The maximum atomic E-state index is 12.5. The summed E-state index contributed by atoms with van der Waals surface area (Å²) >= 11 is 4.93. The zero-order valence-corrected chi connectivity index (χ0v) is 20.3. The SMILES string of the molecule is C#CCOc1ccc(Br)cc1/C=N\NC(=O)c1ccc(-c2csc(Nc3ccccc3)n2)cc1. The number of hydrogen-bond acceptors (Lipinski definition) is 6. The monoisotopic (exact) mass is 530 g/mol. The highest BCUT2D eigenvalue weighted by Crippen LogP contribution is 2.27. The van der Waals surface area contributed by atoms with Gasteiger partial charge in [-0.1, -0.05) is 52.2 Å². The van der Waals surface area contributed by atoms with Crippen molar-refractivity contribution in [3.05, 3.63) is 93.8 Å². The van der Waals surface area contributed by atoms with Crippen molar-refractivity contribution in [2.24, 2.45) is 5.10 Å². The highest BCUT2D eigenvalue weighted by Gasteiger charge is 2.09. The molecule has 0 unspecified atom stereocenters. The molecule has 0 spiro atoms. The molecule has 0 atom stereocenters. The highest BCUT2D eigenvalue weighted by molar-refractivity contribution is 9.10. The number of nitrogens with zero attached hydrogens (tertiary/aromatic N) is 2. The van der Waals surface area contributed by atoms with Crippen LogP contribution in [0.1, 0.15) is 15.9 Å². The molecule has 168 valence electrons. The van der Waals surface area contributed by atoms with Crippen molar-refractivity contribution in [1.82, 2.24) is 10.4 Å². The van der Waals surface area contributed by atoms with Crippen molar-refractivity contribution in [1.29, 1.82) is 0 Å². The second kappa shape index (κ2) is 11.3. The van der Waals surface area contributed by atoms with Crippen molar-refractivity contribution >= 4 is 50.2 Å². The van der Waals surface area contributed by atoms with Gasteiger partial charge in [0, 0.05) is 32.2 Å². The first-order valence-corrected chi connectivity index (χ1v) is 11.9. The number of carbonyl (C=O) groups is 1. The Kier molecular flexibility index (Phi) is 7.71. The van der Waals surface area contributed by atoms with Crippen LogP contribution in [-0.4, -0.2) is 23.7 Å². The van der Waals surface area contributed by atoms with Gasteiger partial charge >= 0.3 is 0 Å². The maximum Gasteiger partial charge on any atom is 0.271 e. The molecular formula is C26H19BrN4O2S. The van der Waals surface area contributed by atoms with E-state index in [0.717, 1.165) is 26.5 Å². The fourth-order valence-corrected chi connectivity index (χ4v) is 4.12. The molecule has 4 rings (SSSR count). The molecule has 34 heavy (non-hydrogen) atoms. The lowest BCUT2D eigenvalue weighted by molar-refractivity contribution is 0.0955. The third-order valence-corrected chi connectivity index (χ3v) is 5.88. The molecule has 0 aliphatic heterocycles. The van der Waals surface area contributed by atoms with E-state index in [1.54, 1.807) is 18.2 Å². The van der Waals surface area contributed by atoms with Gasteiger partial charge in [0.2, 0.25) is 0 Å². The number of carbonyl (C=O) groups excluding carboxylic acids is 1. The molecule has 2 N–H and O–H groups in total. The van der Waals surface area contributed by atoms with E-state index < -0.39 is 0 Å². The van der Waals surface area contributed by atoms with Gasteiger partial charge in [0.15, 0.2) is 5.13 Å². The van der Waals surface area contributed by atoms with Crippen molar-refractivity contribution in [3.8, 4) is 29.4 Å². The lowest BCUT2D eigenvalue weighted by atomic mass is 10.1. The Bertz CT molecular complexity index is 1350. The van der Waals surface area contributed by atoms with Crippen molar-refractivity contribution in [2.75, 3.05) is 11.9 Å². The number of rotatable bonds is 8. The van der Waals surface area contributed by atoms with E-state index in [-0.39, 0.29) is 12.5 Å². The van der Waals surface area contributed by atoms with Gasteiger partial charge in [0.05, 0.1) is 11.9 Å². The number of para-hydroxylation sites is 1. The number of ether oxygens (including phenoxy) is 1. The third-order valence-electron chi connectivity index (χ3n) is 4.62. The second-order valence-electron chi connectivity index (χ2n) is 6.98. The van der Waals surface area contributed by atoms with Gasteiger partial charge in [-0.3, -0.25) is 4.79 Å². The van der Waals surface area contributed by atoms with Crippen LogP contribution in [0.25, 0.3) is 11.3 Å². The van der Waals surface area contributed by atoms with Crippen LogP contribution in [0.5, 0.6) is 5.75 Å². The van der Waals surface area contributed by atoms with Crippen LogP contribution in [0.15, 0.2) is 87.8 Å². The molecule has 8 heteroatoms. The average Bonchev–Trinajstić information content (AvgIpc) is 3.32. The summed E-state index contributed by atoms with van der Waals surface area (Å²) in [7, 11) is 0. The standard InChI is InChI=1S/C26H19BrN4O2S/c1-2-14-33-24-13-12-21(27)15-20(24)16-28-31-25(32)19-10-8-18(9-11-19)23-17-34-26(30-23)29-22-6-4-3-5-7-22/h1,3-13,15-17H,14H2,(H,29,30)(H,31,32)/b28-16-. The highest BCUT2D eigenvalue weighted by atomic mass is 79.9. The molecule has 1 heterocycles. The zero-order valence-electron chi connectivity index (χ0n) is 17.9. The van der Waals surface area contributed by atoms with Crippen LogP contribution < -0.4 is 15.5 Å².